The molecule has 0 saturated carbocycles. The van der Waals surface area contributed by atoms with Crippen molar-refractivity contribution < 1.29 is 9.59 Å². The Labute approximate surface area is 156 Å². The zero-order valence-electron chi connectivity index (χ0n) is 15.7. The Hall–Kier alpha value is -2.62. The minimum Gasteiger partial charge on any atom is -0.356 e. The van der Waals surface area contributed by atoms with Gasteiger partial charge in [0.05, 0.1) is 0 Å². The number of nitrogens with one attached hydrogen (secondary N) is 1. The molecule has 0 bridgehead atoms. The van der Waals surface area contributed by atoms with Crippen LogP contribution in [-0.2, 0) is 22.6 Å². The molecule has 4 nitrogen and oxygen atoms in total. The highest BCUT2D eigenvalue weighted by Gasteiger charge is 2.12. The van der Waals surface area contributed by atoms with E-state index in [1.54, 1.807) is 11.8 Å². The number of rotatable bonds is 9. The molecule has 4 heteroatoms. The van der Waals surface area contributed by atoms with E-state index in [-0.39, 0.29) is 11.8 Å². The lowest BCUT2D eigenvalue weighted by atomic mass is 10.1. The number of carbonyl (C=O) groups excluding carboxylic acids is 2. The van der Waals surface area contributed by atoms with E-state index in [9.17, 15) is 9.59 Å². The zero-order chi connectivity index (χ0) is 18.8. The maximum atomic E-state index is 12.0. The van der Waals surface area contributed by atoms with E-state index in [4.69, 9.17) is 0 Å². The van der Waals surface area contributed by atoms with Crippen molar-refractivity contribution in [1.29, 1.82) is 0 Å². The number of hydrogen-bond acceptors (Lipinski definition) is 2. The molecule has 2 aromatic carbocycles. The van der Waals surface area contributed by atoms with Crippen LogP contribution in [0.15, 0.2) is 54.6 Å². The van der Waals surface area contributed by atoms with E-state index in [1.165, 1.54) is 11.1 Å². The maximum Gasteiger partial charge on any atom is 0.221 e. The van der Waals surface area contributed by atoms with Gasteiger partial charge in [-0.2, -0.15) is 0 Å². The van der Waals surface area contributed by atoms with Gasteiger partial charge in [-0.25, -0.2) is 0 Å². The summed E-state index contributed by atoms with van der Waals surface area (Å²) in [5.74, 6) is -0.0167. The van der Waals surface area contributed by atoms with Crippen LogP contribution in [-0.4, -0.2) is 29.8 Å². The number of amides is 2. The second kappa shape index (κ2) is 10.4. The molecule has 2 aromatic rings. The van der Waals surface area contributed by atoms with Crippen LogP contribution < -0.4 is 5.32 Å². The van der Waals surface area contributed by atoms with Gasteiger partial charge >= 0.3 is 0 Å². The molecule has 2 rings (SSSR count). The quantitative estimate of drug-likeness (QED) is 0.703. The van der Waals surface area contributed by atoms with Gasteiger partial charge in [0.15, 0.2) is 0 Å². The van der Waals surface area contributed by atoms with Gasteiger partial charge < -0.3 is 10.2 Å². The number of aryl methyl sites for hydroxylation is 2. The summed E-state index contributed by atoms with van der Waals surface area (Å²) < 4.78 is 0. The zero-order valence-corrected chi connectivity index (χ0v) is 15.7. The van der Waals surface area contributed by atoms with Crippen LogP contribution in [0.25, 0.3) is 0 Å². The number of benzene rings is 2. The van der Waals surface area contributed by atoms with Crippen LogP contribution in [0, 0.1) is 6.92 Å². The smallest absolute Gasteiger partial charge is 0.221 e. The summed E-state index contributed by atoms with van der Waals surface area (Å²) in [6.07, 6.45) is 2.19. The minimum absolute atomic E-state index is 0.00597. The first kappa shape index (κ1) is 19.7. The Morgan fingerprint density at radius 2 is 1.73 bits per heavy atom. The summed E-state index contributed by atoms with van der Waals surface area (Å²) in [4.78, 5) is 25.6. The van der Waals surface area contributed by atoms with Crippen molar-refractivity contribution in [3.05, 3.63) is 71.3 Å². The molecule has 0 atom stereocenters. The third-order valence-corrected chi connectivity index (χ3v) is 4.32. The van der Waals surface area contributed by atoms with Crippen LogP contribution in [0.4, 0.5) is 0 Å². The van der Waals surface area contributed by atoms with Crippen LogP contribution >= 0.6 is 0 Å². The highest BCUT2D eigenvalue weighted by Crippen LogP contribution is 2.08. The van der Waals surface area contributed by atoms with E-state index in [0.717, 1.165) is 18.4 Å². The Bertz CT molecular complexity index is 713. The molecular weight excluding hydrogens is 324 g/mol. The van der Waals surface area contributed by atoms with Crippen molar-refractivity contribution >= 4 is 11.8 Å². The summed E-state index contributed by atoms with van der Waals surface area (Å²) in [5, 5.41) is 2.94. The van der Waals surface area contributed by atoms with E-state index in [0.29, 0.717) is 26.1 Å². The maximum absolute atomic E-state index is 12.0. The predicted octanol–water partition coefficient (Wildman–Crippen LogP) is 3.48. The van der Waals surface area contributed by atoms with Gasteiger partial charge in [-0.05, 0) is 30.9 Å². The standard InChI is InChI=1S/C22H28N2O2/c1-18-8-6-11-21(16-18)17-24(19(2)25)15-13-22(26)23-14-7-12-20-9-4-3-5-10-20/h3-6,8-11,16H,7,12-15,17H2,1-2H3,(H,23,26). The van der Waals surface area contributed by atoms with Gasteiger partial charge in [-0.15, -0.1) is 0 Å². The molecule has 0 saturated heterocycles. The molecule has 0 spiro atoms. The molecule has 0 aromatic heterocycles. The van der Waals surface area contributed by atoms with E-state index in [1.807, 2.05) is 43.3 Å². The van der Waals surface area contributed by atoms with Crippen LogP contribution in [0.3, 0.4) is 0 Å². The predicted molar refractivity (Wildman–Crippen MR) is 105 cm³/mol. The molecule has 1 N–H and O–H groups in total. The normalized spacial score (nSPS) is 10.4. The fourth-order valence-electron chi connectivity index (χ4n) is 2.87. The highest BCUT2D eigenvalue weighted by molar-refractivity contribution is 5.78. The van der Waals surface area contributed by atoms with Gasteiger partial charge in [-0.1, -0.05) is 60.2 Å². The van der Waals surface area contributed by atoms with Gasteiger partial charge in [0, 0.05) is 33.0 Å². The van der Waals surface area contributed by atoms with Gasteiger partial charge in [0.25, 0.3) is 0 Å². The van der Waals surface area contributed by atoms with E-state index >= 15 is 0 Å². The van der Waals surface area contributed by atoms with E-state index < -0.39 is 0 Å². The Morgan fingerprint density at radius 1 is 1.00 bits per heavy atom. The Balaban J connectivity index is 1.70. The Kier molecular flexibility index (Phi) is 7.87. The molecule has 26 heavy (non-hydrogen) atoms. The van der Waals surface area contributed by atoms with Crippen LogP contribution in [0.2, 0.25) is 0 Å². The first-order valence-corrected chi connectivity index (χ1v) is 9.16. The largest absolute Gasteiger partial charge is 0.356 e. The second-order valence-corrected chi connectivity index (χ2v) is 6.62. The lowest BCUT2D eigenvalue weighted by Gasteiger charge is -2.21. The number of nitrogens with zero attached hydrogens (tertiary/aromatic N) is 1. The van der Waals surface area contributed by atoms with Crippen molar-refractivity contribution in [2.24, 2.45) is 0 Å². The van der Waals surface area contributed by atoms with Crippen molar-refractivity contribution in [2.45, 2.75) is 39.7 Å². The van der Waals surface area contributed by atoms with Gasteiger partial charge in [-0.3, -0.25) is 9.59 Å². The summed E-state index contributed by atoms with van der Waals surface area (Å²) in [6.45, 7) is 5.22. The Morgan fingerprint density at radius 3 is 2.42 bits per heavy atom. The molecule has 0 heterocycles. The van der Waals surface area contributed by atoms with Crippen molar-refractivity contribution in [3.8, 4) is 0 Å². The van der Waals surface area contributed by atoms with Crippen molar-refractivity contribution in [2.75, 3.05) is 13.1 Å². The average Bonchev–Trinajstić information content (AvgIpc) is 2.63. The molecule has 0 aliphatic heterocycles. The molecule has 0 aliphatic rings. The summed E-state index contributed by atoms with van der Waals surface area (Å²) in [6, 6.07) is 18.3. The van der Waals surface area contributed by atoms with Crippen molar-refractivity contribution in [1.82, 2.24) is 10.2 Å². The first-order chi connectivity index (χ1) is 12.5. The topological polar surface area (TPSA) is 49.4 Å². The van der Waals surface area contributed by atoms with Gasteiger partial charge in [0.2, 0.25) is 11.8 Å². The molecule has 0 aliphatic carbocycles. The third-order valence-electron chi connectivity index (χ3n) is 4.32. The molecule has 138 valence electrons. The molecule has 0 unspecified atom stereocenters. The fourth-order valence-corrected chi connectivity index (χ4v) is 2.87. The second-order valence-electron chi connectivity index (χ2n) is 6.62. The van der Waals surface area contributed by atoms with Gasteiger partial charge in [0.1, 0.15) is 0 Å². The number of hydrogen-bond donors (Lipinski definition) is 1. The summed E-state index contributed by atoms with van der Waals surface area (Å²) in [5.41, 5.74) is 3.54. The molecular formula is C22H28N2O2. The fraction of sp³-hybridized carbons (Fsp3) is 0.364. The van der Waals surface area contributed by atoms with Crippen molar-refractivity contribution in [3.63, 3.8) is 0 Å². The highest BCUT2D eigenvalue weighted by atomic mass is 16.2. The van der Waals surface area contributed by atoms with Crippen LogP contribution in [0.5, 0.6) is 0 Å². The summed E-state index contributed by atoms with van der Waals surface area (Å²) >= 11 is 0. The molecule has 0 fully saturated rings. The first-order valence-electron chi connectivity index (χ1n) is 9.16. The molecule has 2 amide bonds. The van der Waals surface area contributed by atoms with Crippen LogP contribution in [0.1, 0.15) is 36.5 Å². The SMILES string of the molecule is CC(=O)N(CCC(=O)NCCCc1ccccc1)Cc1cccc(C)c1. The van der Waals surface area contributed by atoms with E-state index in [2.05, 4.69) is 23.5 Å². The monoisotopic (exact) mass is 352 g/mol. The lowest BCUT2D eigenvalue weighted by Crippen LogP contribution is -2.33. The number of carbonyl (C=O) groups is 2. The average molecular weight is 352 g/mol. The minimum atomic E-state index is -0.0108. The molecule has 0 radical (unpaired) electrons. The lowest BCUT2D eigenvalue weighted by molar-refractivity contribution is -0.130. The summed E-state index contributed by atoms with van der Waals surface area (Å²) in [7, 11) is 0. The third kappa shape index (κ3) is 7.09.